The second-order valence-corrected chi connectivity index (χ2v) is 4.42. The number of methoxy groups -OCH3 is 1. The van der Waals surface area contributed by atoms with Gasteiger partial charge in [0.2, 0.25) is 5.88 Å². The summed E-state index contributed by atoms with van der Waals surface area (Å²) < 4.78 is 6.73. The average Bonchev–Trinajstić information content (AvgIpc) is 3.10. The van der Waals surface area contributed by atoms with Crippen LogP contribution in [0, 0.1) is 0 Å². The summed E-state index contributed by atoms with van der Waals surface area (Å²) in [6.45, 7) is 0. The van der Waals surface area contributed by atoms with Crippen molar-refractivity contribution in [3.05, 3.63) is 60.9 Å². The van der Waals surface area contributed by atoms with Crippen molar-refractivity contribution in [3.63, 3.8) is 0 Å². The quantitative estimate of drug-likeness (QED) is 0.795. The molecule has 0 spiro atoms. The second-order valence-electron chi connectivity index (χ2n) is 4.42. The molecule has 0 fully saturated rings. The molecule has 0 aliphatic rings. The molecule has 0 saturated carbocycles. The number of nitrogens with zero attached hydrogens (tertiary/aromatic N) is 4. The van der Waals surface area contributed by atoms with Gasteiger partial charge in [-0.15, -0.1) is 0 Å². The second kappa shape index (κ2) is 6.04. The summed E-state index contributed by atoms with van der Waals surface area (Å²) in [6.07, 6.45) is 8.14. The molecule has 0 aromatic carbocycles. The Morgan fingerprint density at radius 3 is 2.68 bits per heavy atom. The summed E-state index contributed by atoms with van der Waals surface area (Å²) in [5.74, 6) is 0.932. The molecule has 0 saturated heterocycles. The van der Waals surface area contributed by atoms with Gasteiger partial charge in [-0.2, -0.15) is 0 Å². The van der Waals surface area contributed by atoms with Gasteiger partial charge in [0, 0.05) is 24.7 Å². The molecule has 1 amide bonds. The molecule has 0 bridgehead atoms. The molecule has 0 radical (unpaired) electrons. The van der Waals surface area contributed by atoms with Crippen LogP contribution in [-0.4, -0.2) is 32.5 Å². The van der Waals surface area contributed by atoms with E-state index in [9.17, 15) is 4.79 Å². The van der Waals surface area contributed by atoms with Gasteiger partial charge in [0.1, 0.15) is 12.1 Å². The van der Waals surface area contributed by atoms with Gasteiger partial charge >= 0.3 is 0 Å². The summed E-state index contributed by atoms with van der Waals surface area (Å²) in [6, 6.07) is 6.85. The number of imidazole rings is 1. The Balaban J connectivity index is 1.71. The van der Waals surface area contributed by atoms with Crippen molar-refractivity contribution >= 4 is 11.6 Å². The Hall–Kier alpha value is -3.22. The van der Waals surface area contributed by atoms with Gasteiger partial charge in [0.05, 0.1) is 24.6 Å². The zero-order valence-corrected chi connectivity index (χ0v) is 11.8. The molecule has 3 aromatic heterocycles. The normalized spacial score (nSPS) is 10.2. The topological polar surface area (TPSA) is 81.9 Å². The number of carbonyl (C=O) groups excluding carboxylic acids is 1. The number of pyridine rings is 2. The van der Waals surface area contributed by atoms with Crippen molar-refractivity contribution in [2.45, 2.75) is 0 Å². The van der Waals surface area contributed by atoms with Crippen LogP contribution < -0.4 is 10.1 Å². The first-order valence-electron chi connectivity index (χ1n) is 6.52. The highest BCUT2D eigenvalue weighted by Crippen LogP contribution is 2.13. The van der Waals surface area contributed by atoms with E-state index in [2.05, 4.69) is 20.3 Å². The Morgan fingerprint density at radius 1 is 1.18 bits per heavy atom. The van der Waals surface area contributed by atoms with E-state index in [1.54, 1.807) is 47.6 Å². The van der Waals surface area contributed by atoms with Gasteiger partial charge in [-0.05, 0) is 18.2 Å². The van der Waals surface area contributed by atoms with Crippen molar-refractivity contribution < 1.29 is 9.53 Å². The lowest BCUT2D eigenvalue weighted by Crippen LogP contribution is -2.12. The monoisotopic (exact) mass is 295 g/mol. The average molecular weight is 295 g/mol. The van der Waals surface area contributed by atoms with E-state index in [1.165, 1.54) is 19.5 Å². The van der Waals surface area contributed by atoms with Crippen LogP contribution in [0.4, 0.5) is 5.69 Å². The first-order chi connectivity index (χ1) is 10.8. The molecule has 0 aliphatic carbocycles. The minimum Gasteiger partial charge on any atom is -0.481 e. The van der Waals surface area contributed by atoms with Crippen LogP contribution in [0.25, 0.3) is 5.82 Å². The lowest BCUT2D eigenvalue weighted by atomic mass is 10.2. The van der Waals surface area contributed by atoms with Crippen molar-refractivity contribution in [1.29, 1.82) is 0 Å². The molecular formula is C15H13N5O2. The molecule has 7 nitrogen and oxygen atoms in total. The van der Waals surface area contributed by atoms with Gasteiger partial charge in [0.15, 0.2) is 0 Å². The van der Waals surface area contributed by atoms with E-state index in [-0.39, 0.29) is 5.91 Å². The molecule has 110 valence electrons. The van der Waals surface area contributed by atoms with Crippen LogP contribution in [-0.2, 0) is 0 Å². The van der Waals surface area contributed by atoms with E-state index >= 15 is 0 Å². The van der Waals surface area contributed by atoms with Crippen molar-refractivity contribution in [2.75, 3.05) is 12.4 Å². The molecule has 3 aromatic rings. The predicted molar refractivity (Wildman–Crippen MR) is 80.1 cm³/mol. The van der Waals surface area contributed by atoms with Gasteiger partial charge in [-0.25, -0.2) is 15.0 Å². The zero-order valence-electron chi connectivity index (χ0n) is 11.8. The van der Waals surface area contributed by atoms with Gasteiger partial charge in [-0.3, -0.25) is 9.36 Å². The van der Waals surface area contributed by atoms with Crippen LogP contribution >= 0.6 is 0 Å². The number of hydrogen-bond donors (Lipinski definition) is 1. The van der Waals surface area contributed by atoms with E-state index in [4.69, 9.17) is 4.74 Å². The SMILES string of the molecule is COc1ccc(NC(=O)c2ccc(-n3ccnc3)nc2)cn1. The number of amides is 1. The molecule has 0 atom stereocenters. The Morgan fingerprint density at radius 2 is 2.09 bits per heavy atom. The lowest BCUT2D eigenvalue weighted by molar-refractivity contribution is 0.102. The van der Waals surface area contributed by atoms with Gasteiger partial charge in [0.25, 0.3) is 5.91 Å². The maximum atomic E-state index is 12.1. The summed E-state index contributed by atoms with van der Waals surface area (Å²) in [7, 11) is 1.54. The summed E-state index contributed by atoms with van der Waals surface area (Å²) >= 11 is 0. The van der Waals surface area contributed by atoms with Crippen LogP contribution in [0.3, 0.4) is 0 Å². The van der Waals surface area contributed by atoms with Crippen LogP contribution in [0.5, 0.6) is 5.88 Å². The number of aromatic nitrogens is 4. The third kappa shape index (κ3) is 2.93. The van der Waals surface area contributed by atoms with E-state index < -0.39 is 0 Å². The smallest absolute Gasteiger partial charge is 0.257 e. The molecule has 3 heterocycles. The van der Waals surface area contributed by atoms with Crippen LogP contribution in [0.15, 0.2) is 55.4 Å². The predicted octanol–water partition coefficient (Wildman–Crippen LogP) is 1.92. The van der Waals surface area contributed by atoms with E-state index in [1.807, 2.05) is 0 Å². The lowest BCUT2D eigenvalue weighted by Gasteiger charge is -2.06. The number of ether oxygens (including phenoxy) is 1. The zero-order chi connectivity index (χ0) is 15.4. The number of nitrogens with one attached hydrogen (secondary N) is 1. The van der Waals surface area contributed by atoms with E-state index in [0.29, 0.717) is 22.9 Å². The van der Waals surface area contributed by atoms with Crippen LogP contribution in [0.1, 0.15) is 10.4 Å². The molecule has 3 rings (SSSR count). The highest BCUT2D eigenvalue weighted by Gasteiger charge is 2.07. The maximum Gasteiger partial charge on any atom is 0.257 e. The first-order valence-corrected chi connectivity index (χ1v) is 6.52. The molecule has 7 heteroatoms. The number of anilines is 1. The molecule has 1 N–H and O–H groups in total. The standard InChI is InChI=1S/C15H13N5O2/c1-22-14-5-3-12(9-18-14)19-15(21)11-2-4-13(17-8-11)20-7-6-16-10-20/h2-10H,1H3,(H,19,21). The number of rotatable bonds is 4. The summed E-state index contributed by atoms with van der Waals surface area (Å²) in [5, 5.41) is 2.75. The van der Waals surface area contributed by atoms with Crippen molar-refractivity contribution in [2.24, 2.45) is 0 Å². The largest absolute Gasteiger partial charge is 0.481 e. The molecule has 0 aliphatic heterocycles. The minimum atomic E-state index is -0.253. The Labute approximate surface area is 126 Å². The third-order valence-electron chi connectivity index (χ3n) is 2.98. The van der Waals surface area contributed by atoms with Gasteiger partial charge < -0.3 is 10.1 Å². The fourth-order valence-corrected chi connectivity index (χ4v) is 1.85. The number of carbonyl (C=O) groups is 1. The Bertz CT molecular complexity index is 752. The Kier molecular flexibility index (Phi) is 3.78. The molecular weight excluding hydrogens is 282 g/mol. The molecule has 0 unspecified atom stereocenters. The summed E-state index contributed by atoms with van der Waals surface area (Å²) in [4.78, 5) is 24.4. The highest BCUT2D eigenvalue weighted by molar-refractivity contribution is 6.04. The van der Waals surface area contributed by atoms with Crippen molar-refractivity contribution in [3.8, 4) is 11.7 Å². The van der Waals surface area contributed by atoms with Crippen LogP contribution in [0.2, 0.25) is 0 Å². The first kappa shape index (κ1) is 13.7. The van der Waals surface area contributed by atoms with Crippen molar-refractivity contribution in [1.82, 2.24) is 19.5 Å². The fraction of sp³-hybridized carbons (Fsp3) is 0.0667. The maximum absolute atomic E-state index is 12.1. The third-order valence-corrected chi connectivity index (χ3v) is 2.98. The number of hydrogen-bond acceptors (Lipinski definition) is 5. The minimum absolute atomic E-state index is 0.253. The fourth-order valence-electron chi connectivity index (χ4n) is 1.85. The van der Waals surface area contributed by atoms with Gasteiger partial charge in [-0.1, -0.05) is 0 Å². The summed E-state index contributed by atoms with van der Waals surface area (Å²) in [5.41, 5.74) is 1.05. The molecule has 22 heavy (non-hydrogen) atoms. The highest BCUT2D eigenvalue weighted by atomic mass is 16.5. The van der Waals surface area contributed by atoms with E-state index in [0.717, 1.165) is 0 Å².